The molecule has 0 radical (unpaired) electrons. The lowest BCUT2D eigenvalue weighted by molar-refractivity contribution is -0.135. The van der Waals surface area contributed by atoms with E-state index >= 15 is 0 Å². The van der Waals surface area contributed by atoms with Crippen molar-refractivity contribution in [1.82, 2.24) is 4.90 Å². The lowest BCUT2D eigenvalue weighted by Crippen LogP contribution is -2.45. The zero-order valence-electron chi connectivity index (χ0n) is 22.5. The summed E-state index contributed by atoms with van der Waals surface area (Å²) in [5, 5.41) is 0. The maximum atomic E-state index is 14.5. The van der Waals surface area contributed by atoms with Gasteiger partial charge in [-0.2, -0.15) is 0 Å². The van der Waals surface area contributed by atoms with Crippen LogP contribution in [-0.2, 0) is 11.2 Å². The summed E-state index contributed by atoms with van der Waals surface area (Å²) < 4.78 is 23.1. The van der Waals surface area contributed by atoms with Crippen LogP contribution < -0.4 is 18.9 Å². The van der Waals surface area contributed by atoms with Crippen molar-refractivity contribution in [2.45, 2.75) is 18.4 Å². The molecule has 4 aromatic rings. The molecule has 1 heterocycles. The SMILES string of the molecule is COc1cc2c(cc1OC)C(COc1ccccc1OC)N(C(=O)C(c1ccccc1)c1ccccc1)CC2. The number of methoxy groups -OCH3 is 3. The molecule has 39 heavy (non-hydrogen) atoms. The van der Waals surface area contributed by atoms with E-state index in [0.29, 0.717) is 36.0 Å². The molecule has 0 saturated heterocycles. The second-order valence-electron chi connectivity index (χ2n) is 9.42. The maximum absolute atomic E-state index is 14.5. The molecule has 0 aromatic heterocycles. The molecule has 4 aromatic carbocycles. The number of rotatable bonds is 9. The van der Waals surface area contributed by atoms with Gasteiger partial charge in [0.2, 0.25) is 5.91 Å². The molecular formula is C33H33NO5. The molecule has 200 valence electrons. The van der Waals surface area contributed by atoms with Crippen molar-refractivity contribution in [3.8, 4) is 23.0 Å². The molecule has 0 bridgehead atoms. The summed E-state index contributed by atoms with van der Waals surface area (Å²) in [5.74, 6) is 2.15. The number of para-hydroxylation sites is 2. The third-order valence-electron chi connectivity index (χ3n) is 7.26. The lowest BCUT2D eigenvalue weighted by atomic mass is 9.86. The van der Waals surface area contributed by atoms with Gasteiger partial charge in [-0.3, -0.25) is 4.79 Å². The van der Waals surface area contributed by atoms with Crippen molar-refractivity contribution >= 4 is 5.91 Å². The molecule has 1 amide bonds. The van der Waals surface area contributed by atoms with Crippen molar-refractivity contribution in [3.05, 3.63) is 119 Å². The Labute approximate surface area is 229 Å². The molecule has 6 heteroatoms. The number of fused-ring (bicyclic) bond motifs is 1. The molecule has 0 saturated carbocycles. The smallest absolute Gasteiger partial charge is 0.235 e. The number of hydrogen-bond acceptors (Lipinski definition) is 5. The van der Waals surface area contributed by atoms with E-state index < -0.39 is 5.92 Å². The highest BCUT2D eigenvalue weighted by Gasteiger charge is 2.37. The number of ether oxygens (including phenoxy) is 4. The first-order valence-corrected chi connectivity index (χ1v) is 13.1. The van der Waals surface area contributed by atoms with E-state index in [0.717, 1.165) is 22.3 Å². The lowest BCUT2D eigenvalue weighted by Gasteiger charge is -2.39. The monoisotopic (exact) mass is 523 g/mol. The number of amides is 1. The number of hydrogen-bond donors (Lipinski definition) is 0. The summed E-state index contributed by atoms with van der Waals surface area (Å²) in [6, 6.07) is 31.1. The first kappa shape index (κ1) is 26.2. The van der Waals surface area contributed by atoms with Gasteiger partial charge in [0.05, 0.1) is 33.3 Å². The topological polar surface area (TPSA) is 57.2 Å². The van der Waals surface area contributed by atoms with Crippen LogP contribution in [0.3, 0.4) is 0 Å². The second kappa shape index (κ2) is 11.9. The fourth-order valence-electron chi connectivity index (χ4n) is 5.31. The van der Waals surface area contributed by atoms with Crippen LogP contribution >= 0.6 is 0 Å². The Kier molecular flexibility index (Phi) is 8.02. The van der Waals surface area contributed by atoms with Crippen molar-refractivity contribution in [1.29, 1.82) is 0 Å². The average molecular weight is 524 g/mol. The molecule has 1 unspecified atom stereocenters. The zero-order valence-corrected chi connectivity index (χ0v) is 22.5. The second-order valence-corrected chi connectivity index (χ2v) is 9.42. The van der Waals surface area contributed by atoms with Crippen LogP contribution in [0.2, 0.25) is 0 Å². The van der Waals surface area contributed by atoms with Gasteiger partial charge in [-0.05, 0) is 52.9 Å². The maximum Gasteiger partial charge on any atom is 0.235 e. The number of benzene rings is 4. The van der Waals surface area contributed by atoms with Crippen molar-refractivity contribution in [2.24, 2.45) is 0 Å². The minimum absolute atomic E-state index is 0.0291. The van der Waals surface area contributed by atoms with Crippen LogP contribution in [0.25, 0.3) is 0 Å². The highest BCUT2D eigenvalue weighted by molar-refractivity contribution is 5.88. The normalized spacial score (nSPS) is 14.5. The zero-order chi connectivity index (χ0) is 27.2. The number of carbonyl (C=O) groups is 1. The van der Waals surface area contributed by atoms with Crippen LogP contribution in [0.4, 0.5) is 0 Å². The standard InChI is InChI=1S/C33H33NO5/c1-36-28-16-10-11-17-29(28)39-22-27-26-21-31(38-3)30(37-2)20-25(26)18-19-34(27)33(35)32(23-12-6-4-7-13-23)24-14-8-5-9-15-24/h4-17,20-21,27,32H,18-19,22H2,1-3H3. The van der Waals surface area contributed by atoms with Gasteiger partial charge in [0, 0.05) is 6.54 Å². The van der Waals surface area contributed by atoms with E-state index in [1.54, 1.807) is 21.3 Å². The molecule has 1 atom stereocenters. The summed E-state index contributed by atoms with van der Waals surface area (Å²) in [7, 11) is 4.88. The molecule has 5 rings (SSSR count). The first-order valence-electron chi connectivity index (χ1n) is 13.1. The summed E-state index contributed by atoms with van der Waals surface area (Å²) in [6.45, 7) is 0.808. The Balaban J connectivity index is 1.57. The molecule has 1 aliphatic heterocycles. The van der Waals surface area contributed by atoms with Gasteiger partial charge in [-0.1, -0.05) is 72.8 Å². The molecular weight excluding hydrogens is 490 g/mol. The minimum Gasteiger partial charge on any atom is -0.493 e. The molecule has 0 N–H and O–H groups in total. The minimum atomic E-state index is -0.442. The van der Waals surface area contributed by atoms with Gasteiger partial charge < -0.3 is 23.8 Å². The van der Waals surface area contributed by atoms with Crippen LogP contribution in [-0.4, -0.2) is 45.3 Å². The van der Waals surface area contributed by atoms with E-state index in [-0.39, 0.29) is 18.6 Å². The quantitative estimate of drug-likeness (QED) is 0.267. The summed E-state index contributed by atoms with van der Waals surface area (Å²) in [4.78, 5) is 16.5. The first-order chi connectivity index (χ1) is 19.1. The van der Waals surface area contributed by atoms with Crippen LogP contribution in [0, 0.1) is 0 Å². The molecule has 1 aliphatic rings. The third-order valence-corrected chi connectivity index (χ3v) is 7.26. The van der Waals surface area contributed by atoms with Gasteiger partial charge in [-0.25, -0.2) is 0 Å². The van der Waals surface area contributed by atoms with E-state index in [1.165, 1.54) is 0 Å². The van der Waals surface area contributed by atoms with Crippen molar-refractivity contribution in [3.63, 3.8) is 0 Å². The van der Waals surface area contributed by atoms with Gasteiger partial charge in [0.1, 0.15) is 6.61 Å². The Hall–Kier alpha value is -4.45. The highest BCUT2D eigenvalue weighted by Crippen LogP contribution is 2.41. The molecule has 0 fully saturated rings. The third kappa shape index (κ3) is 5.41. The van der Waals surface area contributed by atoms with Crippen LogP contribution in [0.15, 0.2) is 97.1 Å². The molecule has 0 aliphatic carbocycles. The van der Waals surface area contributed by atoms with Crippen molar-refractivity contribution in [2.75, 3.05) is 34.5 Å². The van der Waals surface area contributed by atoms with E-state index in [2.05, 4.69) is 0 Å². The highest BCUT2D eigenvalue weighted by atomic mass is 16.5. The van der Waals surface area contributed by atoms with Gasteiger partial charge >= 0.3 is 0 Å². The van der Waals surface area contributed by atoms with E-state index in [9.17, 15) is 4.79 Å². The number of carbonyl (C=O) groups excluding carboxylic acids is 1. The van der Waals surface area contributed by atoms with Gasteiger partial charge in [0.15, 0.2) is 23.0 Å². The summed E-state index contributed by atoms with van der Waals surface area (Å²) in [5.41, 5.74) is 4.01. The Morgan fingerprint density at radius 2 is 1.28 bits per heavy atom. The summed E-state index contributed by atoms with van der Waals surface area (Å²) >= 11 is 0. The number of nitrogens with zero attached hydrogens (tertiary/aromatic N) is 1. The van der Waals surface area contributed by atoms with E-state index in [1.807, 2.05) is 102 Å². The predicted molar refractivity (Wildman–Crippen MR) is 151 cm³/mol. The van der Waals surface area contributed by atoms with Crippen LogP contribution in [0.1, 0.15) is 34.2 Å². The Morgan fingerprint density at radius 1 is 0.744 bits per heavy atom. The molecule has 6 nitrogen and oxygen atoms in total. The Morgan fingerprint density at radius 3 is 1.87 bits per heavy atom. The largest absolute Gasteiger partial charge is 0.493 e. The average Bonchev–Trinajstić information content (AvgIpc) is 3.00. The fraction of sp³-hybridized carbons (Fsp3) is 0.242. The summed E-state index contributed by atoms with van der Waals surface area (Å²) in [6.07, 6.45) is 0.697. The predicted octanol–water partition coefficient (Wildman–Crippen LogP) is 6.05. The Bertz CT molecular complexity index is 1370. The van der Waals surface area contributed by atoms with Crippen molar-refractivity contribution < 1.29 is 23.7 Å². The van der Waals surface area contributed by atoms with Gasteiger partial charge in [0.25, 0.3) is 0 Å². The van der Waals surface area contributed by atoms with Gasteiger partial charge in [-0.15, -0.1) is 0 Å². The fourth-order valence-corrected chi connectivity index (χ4v) is 5.31. The van der Waals surface area contributed by atoms with Crippen LogP contribution in [0.5, 0.6) is 23.0 Å². The van der Waals surface area contributed by atoms with E-state index in [4.69, 9.17) is 18.9 Å². The molecule has 0 spiro atoms.